The van der Waals surface area contributed by atoms with Crippen molar-refractivity contribution >= 4 is 22.2 Å². The molecule has 1 aliphatic heterocycles. The van der Waals surface area contributed by atoms with Crippen molar-refractivity contribution < 1.29 is 9.90 Å². The van der Waals surface area contributed by atoms with Crippen molar-refractivity contribution in [1.82, 2.24) is 19.2 Å². The zero-order chi connectivity index (χ0) is 18.8. The van der Waals surface area contributed by atoms with Crippen LogP contribution in [-0.2, 0) is 13.1 Å². The molecule has 1 aromatic carbocycles. The van der Waals surface area contributed by atoms with E-state index in [1.807, 2.05) is 40.1 Å². The van der Waals surface area contributed by atoms with Crippen molar-refractivity contribution in [3.05, 3.63) is 52.8 Å². The van der Waals surface area contributed by atoms with E-state index in [1.54, 1.807) is 23.5 Å². The third kappa shape index (κ3) is 3.84. The number of fused-ring (bicyclic) bond motifs is 1. The normalized spacial score (nSPS) is 15.0. The molecule has 142 valence electrons. The van der Waals surface area contributed by atoms with Crippen LogP contribution in [-0.4, -0.2) is 50.3 Å². The molecule has 3 aromatic rings. The molecule has 7 heteroatoms. The number of hydrogen-bond acceptors (Lipinski definition) is 5. The van der Waals surface area contributed by atoms with Gasteiger partial charge in [-0.05, 0) is 44.0 Å². The molecular weight excluding hydrogens is 360 g/mol. The molecule has 0 aliphatic carbocycles. The van der Waals surface area contributed by atoms with E-state index in [0.717, 1.165) is 42.1 Å². The highest BCUT2D eigenvalue weighted by molar-refractivity contribution is 7.15. The highest BCUT2D eigenvalue weighted by Gasteiger charge is 2.26. The standard InChI is InChI=1S/C20H24N4O2S/c1-22(13-15-6-5-7-16(25)12-15)14-17-18(21-20-24(17)10-11-27-20)19(26)23-8-3-2-4-9-23/h5-7,10-12,25H,2-4,8-9,13-14H2,1H3. The van der Waals surface area contributed by atoms with E-state index in [1.165, 1.54) is 6.42 Å². The fraction of sp³-hybridized carbons (Fsp3) is 0.400. The van der Waals surface area contributed by atoms with Crippen LogP contribution in [0.3, 0.4) is 0 Å². The maximum Gasteiger partial charge on any atom is 0.274 e. The fourth-order valence-electron chi connectivity index (χ4n) is 3.68. The third-order valence-corrected chi connectivity index (χ3v) is 5.75. The quantitative estimate of drug-likeness (QED) is 0.733. The minimum absolute atomic E-state index is 0.0476. The summed E-state index contributed by atoms with van der Waals surface area (Å²) in [6.45, 7) is 2.94. The Hall–Kier alpha value is -2.38. The summed E-state index contributed by atoms with van der Waals surface area (Å²) in [6.07, 6.45) is 5.32. The van der Waals surface area contributed by atoms with Crippen LogP contribution in [0.25, 0.3) is 4.96 Å². The largest absolute Gasteiger partial charge is 0.508 e. The first-order valence-electron chi connectivity index (χ1n) is 9.32. The summed E-state index contributed by atoms with van der Waals surface area (Å²) in [4.78, 5) is 22.7. The van der Waals surface area contributed by atoms with Gasteiger partial charge in [0.1, 0.15) is 5.75 Å². The monoisotopic (exact) mass is 384 g/mol. The van der Waals surface area contributed by atoms with Crippen molar-refractivity contribution in [3.63, 3.8) is 0 Å². The maximum atomic E-state index is 13.1. The lowest BCUT2D eigenvalue weighted by atomic mass is 10.1. The average Bonchev–Trinajstić information content (AvgIpc) is 3.24. The van der Waals surface area contributed by atoms with Gasteiger partial charge >= 0.3 is 0 Å². The van der Waals surface area contributed by atoms with Crippen LogP contribution < -0.4 is 0 Å². The van der Waals surface area contributed by atoms with E-state index in [2.05, 4.69) is 9.88 Å². The first kappa shape index (κ1) is 18.0. The zero-order valence-corrected chi connectivity index (χ0v) is 16.3. The number of aromatic nitrogens is 2. The molecule has 0 spiro atoms. The second kappa shape index (κ2) is 7.70. The van der Waals surface area contributed by atoms with Gasteiger partial charge in [0.05, 0.1) is 5.69 Å². The van der Waals surface area contributed by atoms with Crippen molar-refractivity contribution in [1.29, 1.82) is 0 Å². The van der Waals surface area contributed by atoms with Gasteiger partial charge in [-0.15, -0.1) is 11.3 Å². The molecule has 2 aromatic heterocycles. The summed E-state index contributed by atoms with van der Waals surface area (Å²) in [5.74, 6) is 0.317. The molecule has 0 bridgehead atoms. The first-order chi connectivity index (χ1) is 13.1. The van der Waals surface area contributed by atoms with Crippen LogP contribution in [0.1, 0.15) is 41.0 Å². The zero-order valence-electron chi connectivity index (χ0n) is 15.5. The number of imidazole rings is 1. The highest BCUT2D eigenvalue weighted by Crippen LogP contribution is 2.22. The second-order valence-corrected chi connectivity index (χ2v) is 8.03. The topological polar surface area (TPSA) is 61.1 Å². The second-order valence-electron chi connectivity index (χ2n) is 7.16. The Balaban J connectivity index is 1.58. The molecule has 0 unspecified atom stereocenters. The van der Waals surface area contributed by atoms with Gasteiger partial charge in [0.25, 0.3) is 5.91 Å². The molecule has 27 heavy (non-hydrogen) atoms. The Morgan fingerprint density at radius 3 is 2.85 bits per heavy atom. The minimum atomic E-state index is 0.0476. The number of nitrogens with zero attached hydrogens (tertiary/aromatic N) is 4. The summed E-state index contributed by atoms with van der Waals surface area (Å²) in [5, 5.41) is 11.7. The summed E-state index contributed by atoms with van der Waals surface area (Å²) < 4.78 is 2.03. The third-order valence-electron chi connectivity index (χ3n) is 4.99. The number of carbonyl (C=O) groups is 1. The number of carbonyl (C=O) groups excluding carboxylic acids is 1. The van der Waals surface area contributed by atoms with Gasteiger partial charge < -0.3 is 10.0 Å². The van der Waals surface area contributed by atoms with Gasteiger partial charge in [-0.1, -0.05) is 12.1 Å². The lowest BCUT2D eigenvalue weighted by Gasteiger charge is -2.26. The molecule has 4 rings (SSSR count). The number of thiazole rings is 1. The molecule has 1 N–H and O–H groups in total. The smallest absolute Gasteiger partial charge is 0.274 e. The Labute approximate surface area is 162 Å². The summed E-state index contributed by atoms with van der Waals surface area (Å²) in [5.41, 5.74) is 2.54. The number of phenols is 1. The number of phenolic OH excluding ortho intramolecular Hbond substituents is 1. The average molecular weight is 385 g/mol. The number of rotatable bonds is 5. The Bertz CT molecular complexity index is 943. The number of hydrogen-bond donors (Lipinski definition) is 1. The van der Waals surface area contributed by atoms with Crippen molar-refractivity contribution in [2.24, 2.45) is 0 Å². The van der Waals surface area contributed by atoms with Gasteiger partial charge in [-0.25, -0.2) is 4.98 Å². The van der Waals surface area contributed by atoms with Gasteiger partial charge in [-0.2, -0.15) is 0 Å². The van der Waals surface area contributed by atoms with Gasteiger partial charge in [-0.3, -0.25) is 14.1 Å². The van der Waals surface area contributed by atoms with E-state index >= 15 is 0 Å². The molecule has 1 saturated heterocycles. The highest BCUT2D eigenvalue weighted by atomic mass is 32.1. The number of benzene rings is 1. The van der Waals surface area contributed by atoms with Crippen molar-refractivity contribution in [2.45, 2.75) is 32.4 Å². The van der Waals surface area contributed by atoms with Crippen LogP contribution in [0.5, 0.6) is 5.75 Å². The lowest BCUT2D eigenvalue weighted by molar-refractivity contribution is 0.0716. The molecule has 0 atom stereocenters. The van der Waals surface area contributed by atoms with Crippen LogP contribution in [0.2, 0.25) is 0 Å². The van der Waals surface area contributed by atoms with Gasteiger partial charge in [0.2, 0.25) is 0 Å². The number of amides is 1. The summed E-state index contributed by atoms with van der Waals surface area (Å²) >= 11 is 1.55. The van der Waals surface area contributed by atoms with Crippen LogP contribution >= 0.6 is 11.3 Å². The molecule has 0 saturated carbocycles. The number of likely N-dealkylation sites (tertiary alicyclic amines) is 1. The first-order valence-corrected chi connectivity index (χ1v) is 10.2. The molecule has 1 amide bonds. The van der Waals surface area contributed by atoms with E-state index in [-0.39, 0.29) is 11.7 Å². The van der Waals surface area contributed by atoms with E-state index in [9.17, 15) is 9.90 Å². The Kier molecular flexibility index (Phi) is 5.13. The van der Waals surface area contributed by atoms with Gasteiger partial charge in [0.15, 0.2) is 10.7 Å². The lowest BCUT2D eigenvalue weighted by Crippen LogP contribution is -2.36. The molecule has 3 heterocycles. The maximum absolute atomic E-state index is 13.1. The summed E-state index contributed by atoms with van der Waals surface area (Å²) in [7, 11) is 2.02. The fourth-order valence-corrected chi connectivity index (χ4v) is 4.41. The van der Waals surface area contributed by atoms with Gasteiger partial charge in [0, 0.05) is 37.8 Å². The number of piperidine rings is 1. The number of aromatic hydroxyl groups is 1. The SMILES string of the molecule is CN(Cc1cccc(O)c1)Cc1c(C(=O)N2CCCCC2)nc2sccn12. The van der Waals surface area contributed by atoms with E-state index in [4.69, 9.17) is 0 Å². The molecule has 0 radical (unpaired) electrons. The Morgan fingerprint density at radius 2 is 2.07 bits per heavy atom. The predicted molar refractivity (Wildman–Crippen MR) is 106 cm³/mol. The van der Waals surface area contributed by atoms with Crippen LogP contribution in [0.4, 0.5) is 0 Å². The van der Waals surface area contributed by atoms with Crippen molar-refractivity contribution in [3.8, 4) is 5.75 Å². The van der Waals surface area contributed by atoms with E-state index < -0.39 is 0 Å². The van der Waals surface area contributed by atoms with E-state index in [0.29, 0.717) is 18.8 Å². The van der Waals surface area contributed by atoms with Crippen molar-refractivity contribution in [2.75, 3.05) is 20.1 Å². The summed E-state index contributed by atoms with van der Waals surface area (Å²) in [6, 6.07) is 7.28. The predicted octanol–water partition coefficient (Wildman–Crippen LogP) is 3.36. The molecule has 6 nitrogen and oxygen atoms in total. The van der Waals surface area contributed by atoms with Crippen LogP contribution in [0.15, 0.2) is 35.8 Å². The minimum Gasteiger partial charge on any atom is -0.508 e. The Morgan fingerprint density at radius 1 is 1.26 bits per heavy atom. The molecule has 1 fully saturated rings. The molecule has 1 aliphatic rings. The molecular formula is C20H24N4O2S. The van der Waals surface area contributed by atoms with Crippen LogP contribution in [0, 0.1) is 0 Å².